The molecule has 1 N–H and O–H groups in total. The molecule has 4 heterocycles. The molecule has 198 valence electrons. The van der Waals surface area contributed by atoms with Crippen LogP contribution in [-0.2, 0) is 14.3 Å². The molecule has 0 aromatic heterocycles. The van der Waals surface area contributed by atoms with Gasteiger partial charge in [-0.1, -0.05) is 6.07 Å². The lowest BCUT2D eigenvalue weighted by atomic mass is 9.99. The first kappa shape index (κ1) is 25.2. The van der Waals surface area contributed by atoms with E-state index < -0.39 is 35.3 Å². The summed E-state index contributed by atoms with van der Waals surface area (Å²) in [7, 11) is 0. The van der Waals surface area contributed by atoms with Crippen molar-refractivity contribution in [2.24, 2.45) is 5.92 Å². The molecule has 1 unspecified atom stereocenters. The lowest BCUT2D eigenvalue weighted by Gasteiger charge is -2.44. The molecule has 1 aromatic carbocycles. The van der Waals surface area contributed by atoms with Crippen LogP contribution < -0.4 is 10.2 Å². The Morgan fingerprint density at radius 1 is 1.03 bits per heavy atom. The molecule has 0 spiro atoms. The summed E-state index contributed by atoms with van der Waals surface area (Å²) in [4.78, 5) is 69.8. The third-order valence-electron chi connectivity index (χ3n) is 7.28. The van der Waals surface area contributed by atoms with Crippen LogP contribution in [0.15, 0.2) is 18.2 Å². The molecular formula is C26H33N5O6. The topological polar surface area (TPSA) is 120 Å². The standard InChI is InChI=1S/C26H33N5O6/c1-26(2,3)37-25(36)30-14-16(15-30)13-28-9-11-29(12-10-28)18-6-4-5-17-21(18)24(35)31(23(17)34)19-7-8-20(32)27-22(19)33/h4-6,16,19H,7-15H2,1-3H3,(H,27,32,33). The number of nitrogens with zero attached hydrogens (tertiary/aromatic N) is 4. The molecule has 11 heteroatoms. The van der Waals surface area contributed by atoms with Crippen LogP contribution >= 0.6 is 0 Å². The summed E-state index contributed by atoms with van der Waals surface area (Å²) < 4.78 is 5.43. The summed E-state index contributed by atoms with van der Waals surface area (Å²) in [6, 6.07) is 4.25. The number of piperidine rings is 1. The molecule has 3 fully saturated rings. The van der Waals surface area contributed by atoms with Crippen molar-refractivity contribution < 1.29 is 28.7 Å². The van der Waals surface area contributed by atoms with Gasteiger partial charge in [0.25, 0.3) is 11.8 Å². The zero-order valence-electron chi connectivity index (χ0n) is 21.5. The minimum absolute atomic E-state index is 0.0924. The van der Waals surface area contributed by atoms with E-state index in [-0.39, 0.29) is 18.9 Å². The van der Waals surface area contributed by atoms with E-state index in [1.54, 1.807) is 17.0 Å². The van der Waals surface area contributed by atoms with Gasteiger partial charge >= 0.3 is 6.09 Å². The number of hydrogen-bond acceptors (Lipinski definition) is 8. The number of likely N-dealkylation sites (tertiary alicyclic amines) is 1. The first-order valence-corrected chi connectivity index (χ1v) is 12.8. The summed E-state index contributed by atoms with van der Waals surface area (Å²) in [5.41, 5.74) is 0.829. The van der Waals surface area contributed by atoms with E-state index in [1.807, 2.05) is 26.8 Å². The largest absolute Gasteiger partial charge is 0.444 e. The highest BCUT2D eigenvalue weighted by Gasteiger charge is 2.46. The number of carbonyl (C=O) groups excluding carboxylic acids is 5. The molecule has 3 saturated heterocycles. The highest BCUT2D eigenvalue weighted by Crippen LogP contribution is 2.34. The molecule has 4 aliphatic rings. The molecule has 5 rings (SSSR count). The number of benzene rings is 1. The van der Waals surface area contributed by atoms with Crippen molar-refractivity contribution in [1.82, 2.24) is 20.0 Å². The number of ether oxygens (including phenoxy) is 1. The maximum atomic E-state index is 13.4. The second kappa shape index (κ2) is 9.44. The van der Waals surface area contributed by atoms with Crippen molar-refractivity contribution in [3.8, 4) is 0 Å². The number of fused-ring (bicyclic) bond motifs is 1. The lowest BCUT2D eigenvalue weighted by molar-refractivity contribution is -0.136. The molecular weight excluding hydrogens is 478 g/mol. The van der Waals surface area contributed by atoms with Crippen molar-refractivity contribution in [1.29, 1.82) is 0 Å². The van der Waals surface area contributed by atoms with E-state index in [1.165, 1.54) is 0 Å². The highest BCUT2D eigenvalue weighted by atomic mass is 16.6. The smallest absolute Gasteiger partial charge is 0.410 e. The van der Waals surface area contributed by atoms with Gasteiger partial charge in [-0.3, -0.25) is 34.3 Å². The maximum Gasteiger partial charge on any atom is 0.410 e. The van der Waals surface area contributed by atoms with Crippen LogP contribution in [0, 0.1) is 5.92 Å². The summed E-state index contributed by atoms with van der Waals surface area (Å²) in [6.45, 7) is 10.8. The average Bonchev–Trinajstić information content (AvgIpc) is 3.05. The number of piperazine rings is 1. The number of amides is 5. The molecule has 0 saturated carbocycles. The van der Waals surface area contributed by atoms with Crippen LogP contribution in [0.5, 0.6) is 0 Å². The van der Waals surface area contributed by atoms with Crippen molar-refractivity contribution in [2.75, 3.05) is 50.7 Å². The van der Waals surface area contributed by atoms with Crippen LogP contribution in [-0.4, -0.2) is 102 Å². The fraction of sp³-hybridized carbons (Fsp3) is 0.577. The lowest BCUT2D eigenvalue weighted by Crippen LogP contribution is -2.57. The predicted molar refractivity (Wildman–Crippen MR) is 133 cm³/mol. The second-order valence-corrected chi connectivity index (χ2v) is 11.2. The highest BCUT2D eigenvalue weighted by molar-refractivity contribution is 6.25. The van der Waals surface area contributed by atoms with Gasteiger partial charge in [-0.15, -0.1) is 0 Å². The first-order chi connectivity index (χ1) is 17.5. The number of imide groups is 2. The summed E-state index contributed by atoms with van der Waals surface area (Å²) in [5.74, 6) is -1.57. The molecule has 37 heavy (non-hydrogen) atoms. The van der Waals surface area contributed by atoms with E-state index in [9.17, 15) is 24.0 Å². The minimum Gasteiger partial charge on any atom is -0.444 e. The molecule has 0 aliphatic carbocycles. The zero-order chi connectivity index (χ0) is 26.5. The third kappa shape index (κ3) is 4.92. The van der Waals surface area contributed by atoms with Gasteiger partial charge in [0.2, 0.25) is 11.8 Å². The van der Waals surface area contributed by atoms with E-state index in [4.69, 9.17) is 4.74 Å². The number of anilines is 1. The SMILES string of the molecule is CC(C)(C)OC(=O)N1CC(CN2CCN(c3cccc4c3C(=O)N(C3CCC(=O)NC3=O)C4=O)CC2)C1. The number of hydrogen-bond donors (Lipinski definition) is 1. The Morgan fingerprint density at radius 2 is 1.73 bits per heavy atom. The summed E-state index contributed by atoms with van der Waals surface area (Å²) >= 11 is 0. The molecule has 1 atom stereocenters. The van der Waals surface area contributed by atoms with Crippen LogP contribution in [0.2, 0.25) is 0 Å². The Kier molecular flexibility index (Phi) is 6.43. The van der Waals surface area contributed by atoms with Gasteiger partial charge in [-0.25, -0.2) is 4.79 Å². The third-order valence-corrected chi connectivity index (χ3v) is 7.28. The first-order valence-electron chi connectivity index (χ1n) is 12.8. The van der Waals surface area contributed by atoms with Gasteiger partial charge < -0.3 is 14.5 Å². The minimum atomic E-state index is -0.975. The Balaban J connectivity index is 1.19. The van der Waals surface area contributed by atoms with E-state index >= 15 is 0 Å². The van der Waals surface area contributed by atoms with Gasteiger partial charge in [0.05, 0.1) is 16.8 Å². The van der Waals surface area contributed by atoms with Crippen molar-refractivity contribution >= 4 is 35.4 Å². The molecule has 4 aliphatic heterocycles. The molecule has 0 radical (unpaired) electrons. The normalized spacial score (nSPS) is 23.2. The monoisotopic (exact) mass is 511 g/mol. The van der Waals surface area contributed by atoms with Gasteiger partial charge in [-0.2, -0.15) is 0 Å². The Hall–Kier alpha value is -3.47. The van der Waals surface area contributed by atoms with Crippen LogP contribution in [0.4, 0.5) is 10.5 Å². The van der Waals surface area contributed by atoms with Crippen molar-refractivity contribution in [3.05, 3.63) is 29.3 Å². The second-order valence-electron chi connectivity index (χ2n) is 11.2. The van der Waals surface area contributed by atoms with Crippen molar-refractivity contribution in [2.45, 2.75) is 45.3 Å². The number of carbonyl (C=O) groups is 5. The van der Waals surface area contributed by atoms with Crippen LogP contribution in [0.3, 0.4) is 0 Å². The maximum absolute atomic E-state index is 13.4. The van der Waals surface area contributed by atoms with E-state index in [0.717, 1.165) is 24.5 Å². The van der Waals surface area contributed by atoms with Gasteiger partial charge in [-0.05, 0) is 39.3 Å². The predicted octanol–water partition coefficient (Wildman–Crippen LogP) is 1.08. The van der Waals surface area contributed by atoms with Gasteiger partial charge in [0.1, 0.15) is 11.6 Å². The molecule has 0 bridgehead atoms. The van der Waals surface area contributed by atoms with E-state index in [2.05, 4.69) is 15.1 Å². The van der Waals surface area contributed by atoms with Gasteiger partial charge in [0.15, 0.2) is 0 Å². The van der Waals surface area contributed by atoms with Crippen LogP contribution in [0.25, 0.3) is 0 Å². The quantitative estimate of drug-likeness (QED) is 0.597. The van der Waals surface area contributed by atoms with Gasteiger partial charge in [0, 0.05) is 58.2 Å². The Bertz CT molecular complexity index is 1150. The molecule has 11 nitrogen and oxygen atoms in total. The Morgan fingerprint density at radius 3 is 2.38 bits per heavy atom. The molecule has 1 aromatic rings. The fourth-order valence-electron chi connectivity index (χ4n) is 5.46. The number of rotatable bonds is 4. The zero-order valence-corrected chi connectivity index (χ0v) is 21.5. The Labute approximate surface area is 215 Å². The summed E-state index contributed by atoms with van der Waals surface area (Å²) in [5, 5.41) is 2.23. The average molecular weight is 512 g/mol. The number of nitrogens with one attached hydrogen (secondary N) is 1. The summed E-state index contributed by atoms with van der Waals surface area (Å²) in [6.07, 6.45) is -0.0386. The fourth-order valence-corrected chi connectivity index (χ4v) is 5.46. The van der Waals surface area contributed by atoms with Crippen molar-refractivity contribution in [3.63, 3.8) is 0 Å². The molecule has 5 amide bonds. The van der Waals surface area contributed by atoms with Crippen LogP contribution in [0.1, 0.15) is 54.3 Å². The van der Waals surface area contributed by atoms with E-state index in [0.29, 0.717) is 48.9 Å².